The van der Waals surface area contributed by atoms with Gasteiger partial charge in [-0.15, -0.1) is 0 Å². The van der Waals surface area contributed by atoms with E-state index in [2.05, 4.69) is 26.0 Å². The summed E-state index contributed by atoms with van der Waals surface area (Å²) in [7, 11) is 0. The molecule has 1 aromatic rings. The molecule has 2 unspecified atom stereocenters. The topological polar surface area (TPSA) is 29.5 Å². The number of ether oxygens (including phenoxy) is 1. The summed E-state index contributed by atoms with van der Waals surface area (Å²) in [5.41, 5.74) is 1.32. The quantitative estimate of drug-likeness (QED) is 0.848. The number of rotatable bonds is 3. The van der Waals surface area contributed by atoms with Gasteiger partial charge in [0.25, 0.3) is 0 Å². The third kappa shape index (κ3) is 2.56. The normalized spacial score (nSPS) is 25.0. The fourth-order valence-corrected chi connectivity index (χ4v) is 2.15. The van der Waals surface area contributed by atoms with Crippen molar-refractivity contribution in [2.24, 2.45) is 0 Å². The molecule has 2 nitrogen and oxygen atoms in total. The van der Waals surface area contributed by atoms with Crippen LogP contribution in [0.4, 0.5) is 0 Å². The second-order valence-electron chi connectivity index (χ2n) is 4.88. The summed E-state index contributed by atoms with van der Waals surface area (Å²) < 4.78 is 5.77. The summed E-state index contributed by atoms with van der Waals surface area (Å²) in [6.45, 7) is 4.35. The molecule has 2 atom stereocenters. The smallest absolute Gasteiger partial charge is 0.124 e. The Hall–Kier alpha value is -1.02. The predicted octanol–water partition coefficient (Wildman–Crippen LogP) is 3.10. The Labute approximate surface area is 97.3 Å². The Kier molecular flexibility index (Phi) is 3.49. The fraction of sp³-hybridized carbons (Fsp3) is 0.571. The van der Waals surface area contributed by atoms with Crippen LogP contribution in [0.5, 0.6) is 5.75 Å². The van der Waals surface area contributed by atoms with E-state index >= 15 is 0 Å². The van der Waals surface area contributed by atoms with Crippen molar-refractivity contribution < 1.29 is 9.84 Å². The Balaban J connectivity index is 1.99. The molecule has 0 amide bonds. The maximum Gasteiger partial charge on any atom is 0.124 e. The monoisotopic (exact) mass is 220 g/mol. The standard InChI is InChI=1S/C14H20O2/c1-10(2)11-6-8-12(9-7-11)16-14-5-3-4-13(14)15/h6-10,13-15H,3-5H2,1-2H3. The molecule has 16 heavy (non-hydrogen) atoms. The lowest BCUT2D eigenvalue weighted by atomic mass is 10.0. The van der Waals surface area contributed by atoms with Gasteiger partial charge in [0.05, 0.1) is 6.10 Å². The van der Waals surface area contributed by atoms with Crippen LogP contribution in [-0.4, -0.2) is 17.3 Å². The van der Waals surface area contributed by atoms with Crippen molar-refractivity contribution in [3.05, 3.63) is 29.8 Å². The van der Waals surface area contributed by atoms with E-state index in [0.717, 1.165) is 25.0 Å². The van der Waals surface area contributed by atoms with Crippen molar-refractivity contribution in [2.75, 3.05) is 0 Å². The van der Waals surface area contributed by atoms with Gasteiger partial charge in [0, 0.05) is 0 Å². The second kappa shape index (κ2) is 4.88. The number of hydrogen-bond acceptors (Lipinski definition) is 2. The summed E-state index contributed by atoms with van der Waals surface area (Å²) >= 11 is 0. The SMILES string of the molecule is CC(C)c1ccc(OC2CCCC2O)cc1. The van der Waals surface area contributed by atoms with Gasteiger partial charge in [-0.2, -0.15) is 0 Å². The molecule has 0 radical (unpaired) electrons. The van der Waals surface area contributed by atoms with Gasteiger partial charge in [-0.25, -0.2) is 0 Å². The molecule has 1 aliphatic carbocycles. The Morgan fingerprint density at radius 3 is 2.38 bits per heavy atom. The van der Waals surface area contributed by atoms with Crippen molar-refractivity contribution in [1.82, 2.24) is 0 Å². The zero-order valence-electron chi connectivity index (χ0n) is 10.0. The highest BCUT2D eigenvalue weighted by Crippen LogP contribution is 2.25. The molecule has 0 spiro atoms. The number of aliphatic hydroxyl groups excluding tert-OH is 1. The van der Waals surface area contributed by atoms with E-state index in [1.54, 1.807) is 0 Å². The molecule has 0 aromatic heterocycles. The summed E-state index contributed by atoms with van der Waals surface area (Å²) in [4.78, 5) is 0. The summed E-state index contributed by atoms with van der Waals surface area (Å²) in [5, 5.41) is 9.67. The average Bonchev–Trinajstić information content (AvgIpc) is 2.65. The number of hydrogen-bond donors (Lipinski definition) is 1. The van der Waals surface area contributed by atoms with Gasteiger partial charge in [-0.1, -0.05) is 26.0 Å². The molecule has 2 rings (SSSR count). The molecule has 0 heterocycles. The minimum atomic E-state index is -0.287. The van der Waals surface area contributed by atoms with E-state index in [-0.39, 0.29) is 12.2 Å². The molecule has 1 N–H and O–H groups in total. The van der Waals surface area contributed by atoms with Crippen LogP contribution in [0, 0.1) is 0 Å². The first kappa shape index (κ1) is 11.5. The van der Waals surface area contributed by atoms with E-state index in [9.17, 15) is 5.11 Å². The first-order valence-electron chi connectivity index (χ1n) is 6.11. The summed E-state index contributed by atoms with van der Waals surface area (Å²) in [6, 6.07) is 8.20. The zero-order valence-corrected chi connectivity index (χ0v) is 10.0. The molecular formula is C14H20O2. The van der Waals surface area contributed by atoms with E-state index in [1.807, 2.05) is 12.1 Å². The van der Waals surface area contributed by atoms with Crippen LogP contribution in [0.25, 0.3) is 0 Å². The maximum atomic E-state index is 9.67. The minimum Gasteiger partial charge on any atom is -0.488 e. The lowest BCUT2D eigenvalue weighted by molar-refractivity contribution is 0.0604. The van der Waals surface area contributed by atoms with Crippen LogP contribution in [0.3, 0.4) is 0 Å². The van der Waals surface area contributed by atoms with Gasteiger partial charge in [0.15, 0.2) is 0 Å². The molecule has 1 saturated carbocycles. The Morgan fingerprint density at radius 1 is 1.19 bits per heavy atom. The third-order valence-corrected chi connectivity index (χ3v) is 3.25. The highest BCUT2D eigenvalue weighted by Gasteiger charge is 2.26. The van der Waals surface area contributed by atoms with Crippen molar-refractivity contribution in [3.63, 3.8) is 0 Å². The lowest BCUT2D eigenvalue weighted by Gasteiger charge is -2.17. The lowest BCUT2D eigenvalue weighted by Crippen LogP contribution is -2.25. The van der Waals surface area contributed by atoms with Crippen molar-refractivity contribution in [3.8, 4) is 5.75 Å². The Morgan fingerprint density at radius 2 is 1.88 bits per heavy atom. The maximum absolute atomic E-state index is 9.67. The first-order valence-corrected chi connectivity index (χ1v) is 6.11. The van der Waals surface area contributed by atoms with E-state index in [0.29, 0.717) is 5.92 Å². The zero-order chi connectivity index (χ0) is 11.5. The van der Waals surface area contributed by atoms with Gasteiger partial charge in [0.1, 0.15) is 11.9 Å². The summed E-state index contributed by atoms with van der Waals surface area (Å²) in [6.07, 6.45) is 2.60. The molecule has 1 aliphatic rings. The molecule has 0 saturated heterocycles. The van der Waals surface area contributed by atoms with Gasteiger partial charge in [-0.3, -0.25) is 0 Å². The highest BCUT2D eigenvalue weighted by atomic mass is 16.5. The van der Waals surface area contributed by atoms with Gasteiger partial charge in [-0.05, 0) is 42.9 Å². The summed E-state index contributed by atoms with van der Waals surface area (Å²) in [5.74, 6) is 1.42. The largest absolute Gasteiger partial charge is 0.488 e. The Bertz CT molecular complexity index is 329. The molecule has 88 valence electrons. The van der Waals surface area contributed by atoms with E-state index in [4.69, 9.17) is 4.74 Å². The number of aliphatic hydroxyl groups is 1. The van der Waals surface area contributed by atoms with Crippen LogP contribution in [0.2, 0.25) is 0 Å². The fourth-order valence-electron chi connectivity index (χ4n) is 2.15. The van der Waals surface area contributed by atoms with Gasteiger partial charge < -0.3 is 9.84 Å². The average molecular weight is 220 g/mol. The van der Waals surface area contributed by atoms with Crippen LogP contribution in [0.15, 0.2) is 24.3 Å². The van der Waals surface area contributed by atoms with Crippen molar-refractivity contribution >= 4 is 0 Å². The molecule has 0 bridgehead atoms. The molecule has 0 aliphatic heterocycles. The van der Waals surface area contributed by atoms with Gasteiger partial charge in [0.2, 0.25) is 0 Å². The molecule has 2 heteroatoms. The van der Waals surface area contributed by atoms with E-state index < -0.39 is 0 Å². The number of benzene rings is 1. The van der Waals surface area contributed by atoms with Crippen molar-refractivity contribution in [1.29, 1.82) is 0 Å². The van der Waals surface area contributed by atoms with Crippen LogP contribution < -0.4 is 4.74 Å². The molecular weight excluding hydrogens is 200 g/mol. The first-order chi connectivity index (χ1) is 7.66. The second-order valence-corrected chi connectivity index (χ2v) is 4.88. The highest BCUT2D eigenvalue weighted by molar-refractivity contribution is 5.29. The molecule has 1 fully saturated rings. The minimum absolute atomic E-state index is 0.00935. The van der Waals surface area contributed by atoms with Crippen molar-refractivity contribution in [2.45, 2.75) is 51.2 Å². The van der Waals surface area contributed by atoms with Crippen LogP contribution in [-0.2, 0) is 0 Å². The predicted molar refractivity (Wildman–Crippen MR) is 64.8 cm³/mol. The van der Waals surface area contributed by atoms with E-state index in [1.165, 1.54) is 5.56 Å². The molecule has 1 aromatic carbocycles. The van der Waals surface area contributed by atoms with Crippen LogP contribution >= 0.6 is 0 Å². The van der Waals surface area contributed by atoms with Crippen LogP contribution in [0.1, 0.15) is 44.6 Å². The third-order valence-electron chi connectivity index (χ3n) is 3.25. The van der Waals surface area contributed by atoms with Gasteiger partial charge >= 0.3 is 0 Å².